The van der Waals surface area contributed by atoms with E-state index in [1.165, 1.54) is 24.3 Å². The van der Waals surface area contributed by atoms with Crippen LogP contribution in [0.15, 0.2) is 77.7 Å². The zero-order chi connectivity index (χ0) is 26.1. The third-order valence-electron chi connectivity index (χ3n) is 5.32. The molecule has 0 saturated heterocycles. The number of carbonyl (C=O) groups excluding carboxylic acids is 2. The summed E-state index contributed by atoms with van der Waals surface area (Å²) in [4.78, 5) is 25.3. The molecule has 0 aliphatic heterocycles. The van der Waals surface area contributed by atoms with Gasteiger partial charge in [0.15, 0.2) is 0 Å². The number of amides is 1. The van der Waals surface area contributed by atoms with Crippen LogP contribution in [0.5, 0.6) is 5.75 Å². The lowest BCUT2D eigenvalue weighted by Gasteiger charge is -2.18. The molecule has 10 heteroatoms. The molecule has 0 spiro atoms. The Hall–Kier alpha value is -3.89. The number of sulfonamides is 1. The third kappa shape index (κ3) is 7.06. The quantitative estimate of drug-likeness (QED) is 0.289. The number of rotatable bonds is 11. The normalized spacial score (nSPS) is 11.9. The van der Waals surface area contributed by atoms with Gasteiger partial charge in [0.1, 0.15) is 11.8 Å². The lowest BCUT2D eigenvalue weighted by atomic mass is 10.1. The first-order valence-electron chi connectivity index (χ1n) is 11.4. The average Bonchev–Trinajstić information content (AvgIpc) is 2.85. The molecule has 36 heavy (non-hydrogen) atoms. The van der Waals surface area contributed by atoms with E-state index in [9.17, 15) is 23.1 Å². The van der Waals surface area contributed by atoms with Crippen LogP contribution in [0.2, 0.25) is 0 Å². The van der Waals surface area contributed by atoms with Crippen LogP contribution < -0.4 is 15.8 Å². The Bertz CT molecular complexity index is 1300. The van der Waals surface area contributed by atoms with E-state index >= 15 is 0 Å². The standard InChI is InChI=1S/C26H29N3O6S/c1-2-35-26(32)23(16-19-6-4-3-5-7-19)28-25(31)22-13-10-20(17-24(22)30)29-36(33,34)21-11-8-18(9-12-21)14-15-27/h3-13,17,23,29-30H,2,14-16,27H2,1H3,(H,28,31)/t23-/m0/s1. The lowest BCUT2D eigenvalue weighted by Crippen LogP contribution is -2.43. The van der Waals surface area contributed by atoms with Gasteiger partial charge in [-0.3, -0.25) is 9.52 Å². The summed E-state index contributed by atoms with van der Waals surface area (Å²) in [6.45, 7) is 2.27. The maximum Gasteiger partial charge on any atom is 0.328 e. The van der Waals surface area contributed by atoms with Crippen molar-refractivity contribution in [2.75, 3.05) is 17.9 Å². The van der Waals surface area contributed by atoms with Crippen molar-refractivity contribution in [3.8, 4) is 5.75 Å². The number of benzene rings is 3. The number of ether oxygens (including phenoxy) is 1. The number of nitrogens with one attached hydrogen (secondary N) is 2. The van der Waals surface area contributed by atoms with Gasteiger partial charge in [-0.2, -0.15) is 0 Å². The van der Waals surface area contributed by atoms with Gasteiger partial charge in [-0.25, -0.2) is 13.2 Å². The van der Waals surface area contributed by atoms with Gasteiger partial charge in [-0.05, 0) is 55.3 Å². The predicted octanol–water partition coefficient (Wildman–Crippen LogP) is 2.60. The van der Waals surface area contributed by atoms with Crippen molar-refractivity contribution in [3.63, 3.8) is 0 Å². The van der Waals surface area contributed by atoms with Crippen LogP contribution in [-0.2, 0) is 32.4 Å². The van der Waals surface area contributed by atoms with E-state index in [4.69, 9.17) is 10.5 Å². The molecule has 190 valence electrons. The van der Waals surface area contributed by atoms with Crippen LogP contribution in [0.3, 0.4) is 0 Å². The van der Waals surface area contributed by atoms with Gasteiger partial charge in [-0.1, -0.05) is 42.5 Å². The number of aromatic hydroxyl groups is 1. The van der Waals surface area contributed by atoms with Crippen molar-refractivity contribution in [1.29, 1.82) is 0 Å². The highest BCUT2D eigenvalue weighted by Gasteiger charge is 2.25. The molecule has 9 nitrogen and oxygen atoms in total. The van der Waals surface area contributed by atoms with Gasteiger partial charge in [-0.15, -0.1) is 0 Å². The van der Waals surface area contributed by atoms with Crippen LogP contribution >= 0.6 is 0 Å². The lowest BCUT2D eigenvalue weighted by molar-refractivity contribution is -0.145. The summed E-state index contributed by atoms with van der Waals surface area (Å²) in [5.74, 6) is -1.75. The topological polar surface area (TPSA) is 148 Å². The van der Waals surface area contributed by atoms with Crippen LogP contribution in [0.25, 0.3) is 0 Å². The summed E-state index contributed by atoms with van der Waals surface area (Å²) in [5.41, 5.74) is 7.20. The molecule has 1 atom stereocenters. The number of nitrogens with two attached hydrogens (primary N) is 1. The van der Waals surface area contributed by atoms with E-state index in [2.05, 4.69) is 10.0 Å². The van der Waals surface area contributed by atoms with Crippen LogP contribution in [0.1, 0.15) is 28.4 Å². The second-order valence-electron chi connectivity index (χ2n) is 7.99. The maximum absolute atomic E-state index is 12.9. The highest BCUT2D eigenvalue weighted by Crippen LogP contribution is 2.25. The van der Waals surface area contributed by atoms with Crippen LogP contribution in [0, 0.1) is 0 Å². The first kappa shape index (κ1) is 26.7. The summed E-state index contributed by atoms with van der Waals surface area (Å²) in [7, 11) is -3.92. The van der Waals surface area contributed by atoms with Gasteiger partial charge in [0.25, 0.3) is 15.9 Å². The van der Waals surface area contributed by atoms with Crippen molar-refractivity contribution >= 4 is 27.6 Å². The zero-order valence-corrected chi connectivity index (χ0v) is 20.6. The van der Waals surface area contributed by atoms with Gasteiger partial charge < -0.3 is 20.9 Å². The Morgan fingerprint density at radius 3 is 2.31 bits per heavy atom. The van der Waals surface area contributed by atoms with Crippen molar-refractivity contribution in [3.05, 3.63) is 89.5 Å². The van der Waals surface area contributed by atoms with Gasteiger partial charge in [0.2, 0.25) is 0 Å². The van der Waals surface area contributed by atoms with Crippen molar-refractivity contribution < 1.29 is 27.9 Å². The number of phenolic OH excluding ortho intramolecular Hbond substituents is 1. The fourth-order valence-corrected chi connectivity index (χ4v) is 4.57. The molecule has 1 amide bonds. The van der Waals surface area contributed by atoms with Gasteiger partial charge >= 0.3 is 5.97 Å². The number of hydrogen-bond acceptors (Lipinski definition) is 7. The second kappa shape index (κ2) is 12.2. The number of anilines is 1. The van der Waals surface area contributed by atoms with Crippen molar-refractivity contribution in [1.82, 2.24) is 5.32 Å². The van der Waals surface area contributed by atoms with E-state index in [-0.39, 0.29) is 29.2 Å². The molecule has 3 rings (SSSR count). The fraction of sp³-hybridized carbons (Fsp3) is 0.231. The van der Waals surface area contributed by atoms with E-state index in [1.807, 2.05) is 30.3 Å². The predicted molar refractivity (Wildman–Crippen MR) is 136 cm³/mol. The monoisotopic (exact) mass is 511 g/mol. The molecule has 0 unspecified atom stereocenters. The fourth-order valence-electron chi connectivity index (χ4n) is 3.53. The Labute approximate surface area is 210 Å². The molecule has 0 bridgehead atoms. The van der Waals surface area contributed by atoms with Crippen molar-refractivity contribution in [2.24, 2.45) is 5.73 Å². The summed E-state index contributed by atoms with van der Waals surface area (Å²) in [6.07, 6.45) is 0.835. The molecular weight excluding hydrogens is 482 g/mol. The van der Waals surface area contributed by atoms with Crippen molar-refractivity contribution in [2.45, 2.75) is 30.7 Å². The highest BCUT2D eigenvalue weighted by molar-refractivity contribution is 7.92. The maximum atomic E-state index is 12.9. The molecule has 0 heterocycles. The largest absolute Gasteiger partial charge is 0.507 e. The minimum Gasteiger partial charge on any atom is -0.507 e. The summed E-state index contributed by atoms with van der Waals surface area (Å²) in [5, 5.41) is 13.0. The van der Waals surface area contributed by atoms with Gasteiger partial charge in [0, 0.05) is 12.5 Å². The number of esters is 1. The van der Waals surface area contributed by atoms with E-state index in [0.717, 1.165) is 17.2 Å². The van der Waals surface area contributed by atoms with E-state index in [1.54, 1.807) is 19.1 Å². The van der Waals surface area contributed by atoms with Gasteiger partial charge in [0.05, 0.1) is 22.8 Å². The highest BCUT2D eigenvalue weighted by atomic mass is 32.2. The SMILES string of the molecule is CCOC(=O)[C@H](Cc1ccccc1)NC(=O)c1ccc(NS(=O)(=O)c2ccc(CCN)cc2)cc1O. The van der Waals surface area contributed by atoms with E-state index in [0.29, 0.717) is 13.0 Å². The minimum atomic E-state index is -3.92. The smallest absolute Gasteiger partial charge is 0.328 e. The van der Waals surface area contributed by atoms with E-state index < -0.39 is 33.7 Å². The molecular formula is C26H29N3O6S. The Morgan fingerprint density at radius 2 is 1.69 bits per heavy atom. The van der Waals surface area contributed by atoms with Crippen LogP contribution in [0.4, 0.5) is 5.69 Å². The molecule has 0 aliphatic rings. The first-order valence-corrected chi connectivity index (χ1v) is 12.9. The molecule has 0 radical (unpaired) electrons. The molecule has 0 aromatic heterocycles. The second-order valence-corrected chi connectivity index (χ2v) is 9.67. The number of hydrogen-bond donors (Lipinski definition) is 4. The molecule has 0 fully saturated rings. The molecule has 3 aromatic rings. The molecule has 0 saturated carbocycles. The number of phenols is 1. The number of carbonyl (C=O) groups is 2. The summed E-state index contributed by atoms with van der Waals surface area (Å²) in [6, 6.07) is 18.2. The molecule has 5 N–H and O–H groups in total. The molecule has 3 aromatic carbocycles. The van der Waals surface area contributed by atoms with Crippen LogP contribution in [-0.4, -0.2) is 44.6 Å². The molecule has 0 aliphatic carbocycles. The average molecular weight is 512 g/mol. The summed E-state index contributed by atoms with van der Waals surface area (Å²) < 4.78 is 32.9. The first-order chi connectivity index (χ1) is 17.2. The Balaban J connectivity index is 1.74. The Morgan fingerprint density at radius 1 is 1.00 bits per heavy atom. The zero-order valence-electron chi connectivity index (χ0n) is 19.8. The Kier molecular flexibility index (Phi) is 9.04. The summed E-state index contributed by atoms with van der Waals surface area (Å²) >= 11 is 0. The minimum absolute atomic E-state index is 0.0442. The third-order valence-corrected chi connectivity index (χ3v) is 6.72.